The van der Waals surface area contributed by atoms with E-state index in [1.54, 1.807) is 6.08 Å². The summed E-state index contributed by atoms with van der Waals surface area (Å²) in [7, 11) is 0. The van der Waals surface area contributed by atoms with E-state index in [1.165, 1.54) is 25.3 Å². The molecule has 0 unspecified atom stereocenters. The molecule has 0 spiro atoms. The highest BCUT2D eigenvalue weighted by atomic mass is 16.6. The van der Waals surface area contributed by atoms with Crippen LogP contribution in [0.4, 0.5) is 16.2 Å². The molecule has 25 heavy (non-hydrogen) atoms. The Morgan fingerprint density at radius 1 is 1.04 bits per heavy atom. The molecule has 1 aliphatic carbocycles. The van der Waals surface area contributed by atoms with Crippen LogP contribution >= 0.6 is 0 Å². The number of carbonyl (C=O) groups excluding carboxylic acids is 1. The molecule has 7 heteroatoms. The van der Waals surface area contributed by atoms with Crippen LogP contribution in [0.15, 0.2) is 47.8 Å². The fourth-order valence-corrected chi connectivity index (χ4v) is 3.17. The van der Waals surface area contributed by atoms with Crippen molar-refractivity contribution in [3.05, 3.63) is 57.9 Å². The number of nitrogens with zero attached hydrogens (tertiary/aromatic N) is 2. The maximum atomic E-state index is 12.3. The Hall–Kier alpha value is -2.83. The summed E-state index contributed by atoms with van der Waals surface area (Å²) in [4.78, 5) is 24.9. The smallest absolute Gasteiger partial charge is 0.323 e. The molecule has 0 saturated carbocycles. The summed E-state index contributed by atoms with van der Waals surface area (Å²) < 4.78 is 0. The van der Waals surface area contributed by atoms with Gasteiger partial charge in [-0.2, -0.15) is 0 Å². The molecular weight excluding hydrogens is 320 g/mol. The number of carbonyl (C=O) groups is 1. The third-order valence-corrected chi connectivity index (χ3v) is 4.48. The van der Waals surface area contributed by atoms with Crippen LogP contribution in [0.2, 0.25) is 0 Å². The first-order chi connectivity index (χ1) is 12.1. The summed E-state index contributed by atoms with van der Waals surface area (Å²) in [6.07, 6.45) is 7.40. The first-order valence-corrected chi connectivity index (χ1v) is 8.59. The van der Waals surface area contributed by atoms with Crippen molar-refractivity contribution in [3.8, 4) is 0 Å². The number of para-hydroxylation sites is 2. The fourth-order valence-electron chi connectivity index (χ4n) is 3.17. The van der Waals surface area contributed by atoms with Gasteiger partial charge < -0.3 is 15.5 Å². The first kappa shape index (κ1) is 17.0. The van der Waals surface area contributed by atoms with Crippen LogP contribution in [-0.4, -0.2) is 24.0 Å². The van der Waals surface area contributed by atoms with Gasteiger partial charge in [0.15, 0.2) is 0 Å². The van der Waals surface area contributed by atoms with Crippen molar-refractivity contribution in [1.82, 2.24) is 5.32 Å². The SMILES string of the molecule is O=C(NC1=CC=C([N+](=O)[O-])CC1)Nc1ccccc1N1CCCCC1. The lowest BCUT2D eigenvalue weighted by Gasteiger charge is -2.30. The predicted octanol–water partition coefficient (Wildman–Crippen LogP) is 3.64. The molecule has 1 heterocycles. The largest absolute Gasteiger partial charge is 0.370 e. The molecule has 0 aromatic heterocycles. The molecule has 7 nitrogen and oxygen atoms in total. The molecule has 1 saturated heterocycles. The minimum Gasteiger partial charge on any atom is -0.370 e. The number of hydrogen-bond donors (Lipinski definition) is 2. The second-order valence-electron chi connectivity index (χ2n) is 6.25. The van der Waals surface area contributed by atoms with E-state index in [0.717, 1.165) is 24.5 Å². The van der Waals surface area contributed by atoms with Crippen LogP contribution in [0.1, 0.15) is 32.1 Å². The maximum absolute atomic E-state index is 12.3. The van der Waals surface area contributed by atoms with Gasteiger partial charge in [0.05, 0.1) is 16.3 Å². The van der Waals surface area contributed by atoms with E-state index in [0.29, 0.717) is 18.5 Å². The molecular formula is C18H22N4O3. The van der Waals surface area contributed by atoms with Crippen LogP contribution in [0.25, 0.3) is 0 Å². The summed E-state index contributed by atoms with van der Waals surface area (Å²) in [5.41, 5.74) is 2.66. The topological polar surface area (TPSA) is 87.5 Å². The Labute approximate surface area is 146 Å². The van der Waals surface area contributed by atoms with E-state index in [9.17, 15) is 14.9 Å². The first-order valence-electron chi connectivity index (χ1n) is 8.59. The Morgan fingerprint density at radius 2 is 1.80 bits per heavy atom. The highest BCUT2D eigenvalue weighted by Gasteiger charge is 2.18. The number of nitrogens with one attached hydrogen (secondary N) is 2. The molecule has 3 rings (SSSR count). The van der Waals surface area contributed by atoms with Crippen molar-refractivity contribution in [2.24, 2.45) is 0 Å². The van der Waals surface area contributed by atoms with Crippen LogP contribution in [0.5, 0.6) is 0 Å². The Bertz CT molecular complexity index is 721. The average Bonchev–Trinajstić information content (AvgIpc) is 2.63. The molecule has 0 bridgehead atoms. The third-order valence-electron chi connectivity index (χ3n) is 4.48. The fraction of sp³-hybridized carbons (Fsp3) is 0.389. The molecule has 1 aromatic rings. The van der Waals surface area contributed by atoms with Crippen molar-refractivity contribution in [2.45, 2.75) is 32.1 Å². The van der Waals surface area contributed by atoms with Gasteiger partial charge in [-0.15, -0.1) is 0 Å². The van der Waals surface area contributed by atoms with Gasteiger partial charge >= 0.3 is 6.03 Å². The van der Waals surface area contributed by atoms with E-state index >= 15 is 0 Å². The maximum Gasteiger partial charge on any atom is 0.323 e. The Kier molecular flexibility index (Phi) is 5.33. The molecule has 2 amide bonds. The standard InChI is InChI=1S/C18H22N4O3/c23-18(19-14-8-10-15(11-9-14)22(24)25)20-16-6-2-3-7-17(16)21-12-4-1-5-13-21/h2-3,6-8,10H,1,4-5,9,11-13H2,(H2,19,20,23). The number of piperidine rings is 1. The van der Waals surface area contributed by atoms with Crippen molar-refractivity contribution >= 4 is 17.4 Å². The second-order valence-corrected chi connectivity index (χ2v) is 6.25. The van der Waals surface area contributed by atoms with E-state index in [-0.39, 0.29) is 16.7 Å². The normalized spacial score (nSPS) is 17.4. The summed E-state index contributed by atoms with van der Waals surface area (Å²) in [6, 6.07) is 7.46. The summed E-state index contributed by atoms with van der Waals surface area (Å²) in [6.45, 7) is 2.00. The number of nitro groups is 1. The zero-order chi connectivity index (χ0) is 17.6. The number of hydrogen-bond acceptors (Lipinski definition) is 4. The lowest BCUT2D eigenvalue weighted by Crippen LogP contribution is -2.32. The van der Waals surface area contributed by atoms with E-state index in [1.807, 2.05) is 24.3 Å². The van der Waals surface area contributed by atoms with E-state index in [4.69, 9.17) is 0 Å². The summed E-state index contributed by atoms with van der Waals surface area (Å²) in [5.74, 6) is 0. The lowest BCUT2D eigenvalue weighted by atomic mass is 10.1. The van der Waals surface area contributed by atoms with Gasteiger partial charge in [0.2, 0.25) is 5.70 Å². The summed E-state index contributed by atoms with van der Waals surface area (Å²) >= 11 is 0. The van der Waals surface area contributed by atoms with Crippen molar-refractivity contribution in [1.29, 1.82) is 0 Å². The minimum atomic E-state index is -0.387. The van der Waals surface area contributed by atoms with Gasteiger partial charge in [0.1, 0.15) is 0 Å². The van der Waals surface area contributed by atoms with Crippen molar-refractivity contribution in [3.63, 3.8) is 0 Å². The van der Waals surface area contributed by atoms with Gasteiger partial charge in [0, 0.05) is 31.3 Å². The second kappa shape index (κ2) is 7.83. The number of anilines is 2. The Balaban J connectivity index is 1.65. The molecule has 2 aliphatic rings. The number of amides is 2. The number of benzene rings is 1. The van der Waals surface area contributed by atoms with E-state index in [2.05, 4.69) is 15.5 Å². The van der Waals surface area contributed by atoms with Crippen LogP contribution in [0, 0.1) is 10.1 Å². The van der Waals surface area contributed by atoms with Crippen molar-refractivity contribution < 1.29 is 9.72 Å². The van der Waals surface area contributed by atoms with Crippen LogP contribution < -0.4 is 15.5 Å². The summed E-state index contributed by atoms with van der Waals surface area (Å²) in [5, 5.41) is 16.4. The van der Waals surface area contributed by atoms with Gasteiger partial charge in [-0.25, -0.2) is 4.79 Å². The number of allylic oxidation sites excluding steroid dienone is 4. The molecule has 132 valence electrons. The molecule has 1 aliphatic heterocycles. The predicted molar refractivity (Wildman–Crippen MR) is 97.1 cm³/mol. The lowest BCUT2D eigenvalue weighted by molar-refractivity contribution is -0.428. The monoisotopic (exact) mass is 342 g/mol. The minimum absolute atomic E-state index is 0.168. The van der Waals surface area contributed by atoms with Crippen LogP contribution in [-0.2, 0) is 0 Å². The van der Waals surface area contributed by atoms with Crippen LogP contribution in [0.3, 0.4) is 0 Å². The van der Waals surface area contributed by atoms with Crippen molar-refractivity contribution in [2.75, 3.05) is 23.3 Å². The van der Waals surface area contributed by atoms with E-state index < -0.39 is 0 Å². The number of urea groups is 1. The molecule has 0 radical (unpaired) electrons. The Morgan fingerprint density at radius 3 is 2.48 bits per heavy atom. The molecule has 0 atom stereocenters. The van der Waals surface area contributed by atoms with Gasteiger partial charge in [0.25, 0.3) is 0 Å². The van der Waals surface area contributed by atoms with Gasteiger partial charge in [-0.05, 0) is 43.9 Å². The molecule has 2 N–H and O–H groups in total. The zero-order valence-electron chi connectivity index (χ0n) is 14.0. The third kappa shape index (κ3) is 4.37. The van der Waals surface area contributed by atoms with Gasteiger partial charge in [-0.3, -0.25) is 10.1 Å². The van der Waals surface area contributed by atoms with Gasteiger partial charge in [-0.1, -0.05) is 12.1 Å². The molecule has 1 aromatic carbocycles. The quantitative estimate of drug-likeness (QED) is 0.646. The molecule has 1 fully saturated rings. The highest BCUT2D eigenvalue weighted by Crippen LogP contribution is 2.28. The average molecular weight is 342 g/mol. The zero-order valence-corrected chi connectivity index (χ0v) is 14.0. The number of rotatable bonds is 4. The highest BCUT2D eigenvalue weighted by molar-refractivity contribution is 5.94.